The van der Waals surface area contributed by atoms with E-state index in [-0.39, 0.29) is 16.9 Å². The van der Waals surface area contributed by atoms with E-state index < -0.39 is 32.1 Å². The molecule has 128 valence electrons. The van der Waals surface area contributed by atoms with Gasteiger partial charge in [-0.2, -0.15) is 0 Å². The number of nitrogens with zero attached hydrogens (tertiary/aromatic N) is 2. The molecule has 0 aliphatic rings. The second kappa shape index (κ2) is 5.96. The number of carbonyl (C=O) groups excluding carboxylic acids is 1. The summed E-state index contributed by atoms with van der Waals surface area (Å²) < 4.78 is 29.2. The molecule has 0 radical (unpaired) electrons. The molecule has 10 heteroatoms. The van der Waals surface area contributed by atoms with Crippen LogP contribution in [0.3, 0.4) is 0 Å². The summed E-state index contributed by atoms with van der Waals surface area (Å²) in [6.45, 7) is 1.34. The number of anilines is 1. The third-order valence-corrected chi connectivity index (χ3v) is 5.11. The number of nitrogens with two attached hydrogens (primary N) is 1. The highest BCUT2D eigenvalue weighted by Crippen LogP contribution is 2.19. The first-order valence-electron chi connectivity index (χ1n) is 6.76. The summed E-state index contributed by atoms with van der Waals surface area (Å²) in [4.78, 5) is 34.9. The lowest BCUT2D eigenvalue weighted by Crippen LogP contribution is -2.42. The maximum atomic E-state index is 12.6. The summed E-state index contributed by atoms with van der Waals surface area (Å²) in [6.07, 6.45) is 0. The van der Waals surface area contributed by atoms with Crippen LogP contribution in [0, 0.1) is 6.92 Å². The standard InChI is InChI=1S/C14H16N4O5S/c1-8-11(13(20)18(3)14(21)17(8)2)24(22,23)16-10-7-5-4-6-9(10)12(15)19/h4-7,16H,1-3H3,(H2,15,19). The molecule has 0 fully saturated rings. The predicted molar refractivity (Wildman–Crippen MR) is 87.4 cm³/mol. The fourth-order valence-corrected chi connectivity index (χ4v) is 3.67. The molecule has 0 unspecified atom stereocenters. The first-order chi connectivity index (χ1) is 11.1. The number of carbonyl (C=O) groups is 1. The van der Waals surface area contributed by atoms with Gasteiger partial charge in [-0.05, 0) is 19.1 Å². The van der Waals surface area contributed by atoms with E-state index in [9.17, 15) is 22.8 Å². The number of para-hydroxylation sites is 1. The van der Waals surface area contributed by atoms with Gasteiger partial charge in [0, 0.05) is 19.8 Å². The number of amides is 1. The van der Waals surface area contributed by atoms with E-state index in [1.165, 1.54) is 45.3 Å². The van der Waals surface area contributed by atoms with Gasteiger partial charge in [0.05, 0.1) is 11.3 Å². The summed E-state index contributed by atoms with van der Waals surface area (Å²) in [5, 5.41) is 0. The monoisotopic (exact) mass is 352 g/mol. The van der Waals surface area contributed by atoms with E-state index in [4.69, 9.17) is 5.73 Å². The van der Waals surface area contributed by atoms with Gasteiger partial charge in [-0.3, -0.25) is 23.4 Å². The molecule has 2 aromatic rings. The van der Waals surface area contributed by atoms with Crippen LogP contribution >= 0.6 is 0 Å². The molecule has 0 bridgehead atoms. The third kappa shape index (κ3) is 2.83. The van der Waals surface area contributed by atoms with Crippen LogP contribution < -0.4 is 21.7 Å². The number of nitrogens with one attached hydrogen (secondary N) is 1. The number of primary amides is 1. The van der Waals surface area contributed by atoms with Gasteiger partial charge < -0.3 is 5.73 Å². The van der Waals surface area contributed by atoms with Crippen LogP contribution in [0.2, 0.25) is 0 Å². The molecule has 9 nitrogen and oxygen atoms in total. The number of rotatable bonds is 4. The zero-order valence-corrected chi connectivity index (χ0v) is 14.0. The maximum absolute atomic E-state index is 12.6. The minimum Gasteiger partial charge on any atom is -0.366 e. The minimum atomic E-state index is -4.34. The Morgan fingerprint density at radius 3 is 2.29 bits per heavy atom. The Bertz CT molecular complexity index is 1050. The zero-order chi connectivity index (χ0) is 18.2. The van der Waals surface area contributed by atoms with Crippen molar-refractivity contribution in [2.24, 2.45) is 19.8 Å². The minimum absolute atomic E-state index is 0.0212. The van der Waals surface area contributed by atoms with E-state index in [2.05, 4.69) is 4.72 Å². The second-order valence-electron chi connectivity index (χ2n) is 5.14. The molecule has 0 aliphatic heterocycles. The molecule has 1 amide bonds. The molecule has 0 saturated carbocycles. The van der Waals surface area contributed by atoms with E-state index >= 15 is 0 Å². The Labute approximate surface area is 137 Å². The van der Waals surface area contributed by atoms with Crippen LogP contribution in [0.1, 0.15) is 16.1 Å². The average Bonchev–Trinajstić information content (AvgIpc) is 2.50. The summed E-state index contributed by atoms with van der Waals surface area (Å²) >= 11 is 0. The SMILES string of the molecule is Cc1c(S(=O)(=O)Nc2ccccc2C(N)=O)c(=O)n(C)c(=O)n1C. The Morgan fingerprint density at radius 1 is 1.12 bits per heavy atom. The average molecular weight is 352 g/mol. The van der Waals surface area contributed by atoms with Gasteiger partial charge in [0.15, 0.2) is 4.90 Å². The Hall–Kier alpha value is -2.88. The van der Waals surface area contributed by atoms with Crippen molar-refractivity contribution in [3.8, 4) is 0 Å². The maximum Gasteiger partial charge on any atom is 0.330 e. The van der Waals surface area contributed by atoms with Crippen LogP contribution in [0.25, 0.3) is 0 Å². The summed E-state index contributed by atoms with van der Waals surface area (Å²) in [5.74, 6) is -0.821. The van der Waals surface area contributed by atoms with Crippen molar-refractivity contribution in [1.82, 2.24) is 9.13 Å². The number of benzene rings is 1. The molecule has 0 atom stereocenters. The van der Waals surface area contributed by atoms with Gasteiger partial charge >= 0.3 is 5.69 Å². The fraction of sp³-hybridized carbons (Fsp3) is 0.214. The second-order valence-corrected chi connectivity index (χ2v) is 6.75. The highest BCUT2D eigenvalue weighted by Gasteiger charge is 2.26. The number of sulfonamides is 1. The molecule has 2 rings (SSSR count). The smallest absolute Gasteiger partial charge is 0.330 e. The van der Waals surface area contributed by atoms with Crippen molar-refractivity contribution in [2.75, 3.05) is 4.72 Å². The first kappa shape index (κ1) is 17.5. The van der Waals surface area contributed by atoms with E-state index in [1.54, 1.807) is 0 Å². The number of hydrogen-bond donors (Lipinski definition) is 2. The molecule has 0 aliphatic carbocycles. The molecule has 1 heterocycles. The van der Waals surface area contributed by atoms with E-state index in [1.807, 2.05) is 0 Å². The van der Waals surface area contributed by atoms with Crippen molar-refractivity contribution in [1.29, 1.82) is 0 Å². The molecular weight excluding hydrogens is 336 g/mol. The Balaban J connectivity index is 2.69. The van der Waals surface area contributed by atoms with Gasteiger partial charge in [-0.15, -0.1) is 0 Å². The predicted octanol–water partition coefficient (Wildman–Crippen LogP) is -0.708. The van der Waals surface area contributed by atoms with Crippen molar-refractivity contribution in [3.63, 3.8) is 0 Å². The molecule has 1 aromatic heterocycles. The first-order valence-corrected chi connectivity index (χ1v) is 8.24. The lowest BCUT2D eigenvalue weighted by molar-refractivity contribution is 0.100. The largest absolute Gasteiger partial charge is 0.366 e. The van der Waals surface area contributed by atoms with E-state index in [0.29, 0.717) is 4.57 Å². The summed E-state index contributed by atoms with van der Waals surface area (Å²) in [6, 6.07) is 5.73. The van der Waals surface area contributed by atoms with Crippen molar-refractivity contribution in [2.45, 2.75) is 11.8 Å². The summed E-state index contributed by atoms with van der Waals surface area (Å²) in [5.41, 5.74) is 3.49. The van der Waals surface area contributed by atoms with Gasteiger partial charge in [0.2, 0.25) is 0 Å². The highest BCUT2D eigenvalue weighted by molar-refractivity contribution is 7.92. The molecular formula is C14H16N4O5S. The Morgan fingerprint density at radius 2 is 1.71 bits per heavy atom. The van der Waals surface area contributed by atoms with Crippen molar-refractivity contribution >= 4 is 21.6 Å². The zero-order valence-electron chi connectivity index (χ0n) is 13.2. The quantitative estimate of drug-likeness (QED) is 0.750. The van der Waals surface area contributed by atoms with Gasteiger partial charge in [-0.1, -0.05) is 12.1 Å². The molecule has 24 heavy (non-hydrogen) atoms. The van der Waals surface area contributed by atoms with Gasteiger partial charge in [0.1, 0.15) is 0 Å². The van der Waals surface area contributed by atoms with Gasteiger partial charge in [-0.25, -0.2) is 13.2 Å². The molecule has 0 spiro atoms. The lowest BCUT2D eigenvalue weighted by Gasteiger charge is -2.14. The normalized spacial score (nSPS) is 11.3. The van der Waals surface area contributed by atoms with Crippen molar-refractivity contribution in [3.05, 3.63) is 56.4 Å². The molecule has 1 aromatic carbocycles. The highest BCUT2D eigenvalue weighted by atomic mass is 32.2. The van der Waals surface area contributed by atoms with Crippen LogP contribution in [0.15, 0.2) is 38.8 Å². The third-order valence-electron chi connectivity index (χ3n) is 3.61. The number of hydrogen-bond acceptors (Lipinski definition) is 5. The fourth-order valence-electron chi connectivity index (χ4n) is 2.21. The molecule has 3 N–H and O–H groups in total. The van der Waals surface area contributed by atoms with Crippen molar-refractivity contribution < 1.29 is 13.2 Å². The Kier molecular flexibility index (Phi) is 4.34. The number of aromatic nitrogens is 2. The van der Waals surface area contributed by atoms with Crippen LogP contribution in [0.5, 0.6) is 0 Å². The lowest BCUT2D eigenvalue weighted by atomic mass is 10.2. The van der Waals surface area contributed by atoms with Crippen LogP contribution in [-0.4, -0.2) is 23.5 Å². The summed E-state index contributed by atoms with van der Waals surface area (Å²) in [7, 11) is -1.81. The van der Waals surface area contributed by atoms with Crippen LogP contribution in [0.4, 0.5) is 5.69 Å². The van der Waals surface area contributed by atoms with Crippen LogP contribution in [-0.2, 0) is 24.1 Å². The van der Waals surface area contributed by atoms with E-state index in [0.717, 1.165) is 4.57 Å². The van der Waals surface area contributed by atoms with Gasteiger partial charge in [0.25, 0.3) is 21.5 Å². The topological polar surface area (TPSA) is 133 Å². The molecule has 0 saturated heterocycles.